The Hall–Kier alpha value is -1.62. The summed E-state index contributed by atoms with van der Waals surface area (Å²) in [6.45, 7) is 7.32. The highest BCUT2D eigenvalue weighted by Crippen LogP contribution is 2.25. The Bertz CT molecular complexity index is 793. The fraction of sp³-hybridized carbons (Fsp3) is 0.696. The van der Waals surface area contributed by atoms with Gasteiger partial charge in [0.1, 0.15) is 5.82 Å². The van der Waals surface area contributed by atoms with E-state index in [9.17, 15) is 0 Å². The summed E-state index contributed by atoms with van der Waals surface area (Å²) in [5.41, 5.74) is 0. The molecule has 8 nitrogen and oxygen atoms in total. The monoisotopic (exact) mass is 555 g/mol. The fourth-order valence-electron chi connectivity index (χ4n) is 4.70. The van der Waals surface area contributed by atoms with Gasteiger partial charge in [0.15, 0.2) is 11.7 Å². The van der Waals surface area contributed by atoms with Crippen molar-refractivity contribution in [2.45, 2.75) is 64.3 Å². The average Bonchev–Trinajstić information content (AvgIpc) is 3.48. The minimum Gasteiger partial charge on any atom is -0.461 e. The lowest BCUT2D eigenvalue weighted by molar-refractivity contribution is 0.160. The third-order valence-corrected chi connectivity index (χ3v) is 6.41. The van der Waals surface area contributed by atoms with Gasteiger partial charge >= 0.3 is 0 Å². The van der Waals surface area contributed by atoms with Gasteiger partial charge in [-0.15, -0.1) is 24.0 Å². The summed E-state index contributed by atoms with van der Waals surface area (Å²) >= 11 is 0. The lowest BCUT2D eigenvalue weighted by Gasteiger charge is -2.36. The van der Waals surface area contributed by atoms with Crippen LogP contribution in [0.4, 0.5) is 0 Å². The summed E-state index contributed by atoms with van der Waals surface area (Å²) < 4.78 is 5.35. The van der Waals surface area contributed by atoms with Crippen molar-refractivity contribution in [2.24, 2.45) is 10.9 Å². The summed E-state index contributed by atoms with van der Waals surface area (Å²) in [4.78, 5) is 11.9. The predicted molar refractivity (Wildman–Crippen MR) is 138 cm³/mol. The maximum Gasteiger partial charge on any atom is 0.216 e. The highest BCUT2D eigenvalue weighted by molar-refractivity contribution is 14.0. The Kier molecular flexibility index (Phi) is 10.3. The van der Waals surface area contributed by atoms with Gasteiger partial charge in [-0.05, 0) is 50.7 Å². The van der Waals surface area contributed by atoms with Crippen LogP contribution in [0.5, 0.6) is 0 Å². The molecule has 0 spiro atoms. The van der Waals surface area contributed by atoms with Gasteiger partial charge in [-0.1, -0.05) is 19.3 Å². The number of nitrogens with zero attached hydrogens (tertiary/aromatic N) is 4. The van der Waals surface area contributed by atoms with Gasteiger partial charge in [0, 0.05) is 45.2 Å². The van der Waals surface area contributed by atoms with Crippen molar-refractivity contribution in [3.8, 4) is 11.6 Å². The molecule has 1 saturated heterocycles. The normalized spacial score (nSPS) is 19.0. The Morgan fingerprint density at radius 2 is 2.03 bits per heavy atom. The molecule has 1 aliphatic carbocycles. The maximum absolute atomic E-state index is 5.35. The molecule has 0 bridgehead atoms. The smallest absolute Gasteiger partial charge is 0.216 e. The van der Waals surface area contributed by atoms with E-state index in [1.807, 2.05) is 12.1 Å². The number of guanidine groups is 1. The molecule has 1 saturated carbocycles. The largest absolute Gasteiger partial charge is 0.461 e. The van der Waals surface area contributed by atoms with E-state index in [0.29, 0.717) is 30.6 Å². The van der Waals surface area contributed by atoms with Gasteiger partial charge in [0.25, 0.3) is 0 Å². The van der Waals surface area contributed by atoms with Crippen LogP contribution >= 0.6 is 24.0 Å². The molecule has 0 atom stereocenters. The van der Waals surface area contributed by atoms with Crippen molar-refractivity contribution in [2.75, 3.05) is 32.7 Å². The van der Waals surface area contributed by atoms with Crippen molar-refractivity contribution < 1.29 is 4.42 Å². The number of rotatable bonds is 8. The highest BCUT2D eigenvalue weighted by Gasteiger charge is 2.23. The second kappa shape index (κ2) is 13.2. The van der Waals surface area contributed by atoms with Crippen molar-refractivity contribution in [1.29, 1.82) is 0 Å². The SMILES string of the molecule is CCNC(=NCCc1nc(-c2ccco2)n[nH]1)NC1CCN(CC2CCCCC2)CC1.I. The number of H-pyrrole nitrogens is 1. The van der Waals surface area contributed by atoms with Crippen LogP contribution in [0.1, 0.15) is 57.7 Å². The molecular weight excluding hydrogens is 517 g/mol. The standard InChI is InChI=1S/C23H37N7O.HI/c1-2-24-23(25-13-10-21-27-22(29-28-21)20-9-6-16-31-20)26-19-11-14-30(15-12-19)17-18-7-4-3-5-8-18;/h6,9,16,18-19H,2-5,7-8,10-15,17H2,1H3,(H2,24,25,26)(H,27,28,29);1H. The van der Waals surface area contributed by atoms with Crippen LogP contribution in [-0.2, 0) is 6.42 Å². The first-order valence-corrected chi connectivity index (χ1v) is 12.0. The molecule has 2 aromatic heterocycles. The summed E-state index contributed by atoms with van der Waals surface area (Å²) in [5, 5.41) is 14.2. The molecule has 4 rings (SSSR count). The molecular formula is C23H38IN7O. The number of halogens is 1. The van der Waals surface area contributed by atoms with Gasteiger partial charge < -0.3 is 20.0 Å². The van der Waals surface area contributed by atoms with E-state index in [1.54, 1.807) is 6.26 Å². The summed E-state index contributed by atoms with van der Waals surface area (Å²) in [6, 6.07) is 4.19. The zero-order chi connectivity index (χ0) is 21.3. The van der Waals surface area contributed by atoms with E-state index in [-0.39, 0.29) is 24.0 Å². The van der Waals surface area contributed by atoms with Gasteiger partial charge in [-0.2, -0.15) is 5.10 Å². The van der Waals surface area contributed by atoms with Gasteiger partial charge in [0.05, 0.1) is 6.26 Å². The Labute approximate surface area is 208 Å². The van der Waals surface area contributed by atoms with Crippen LogP contribution in [0, 0.1) is 5.92 Å². The first-order valence-electron chi connectivity index (χ1n) is 12.0. The molecule has 1 aliphatic heterocycles. The number of aromatic nitrogens is 3. The molecule has 2 aliphatic rings. The second-order valence-electron chi connectivity index (χ2n) is 8.82. The van der Waals surface area contributed by atoms with E-state index in [4.69, 9.17) is 9.41 Å². The molecule has 0 radical (unpaired) electrons. The van der Waals surface area contributed by atoms with Crippen molar-refractivity contribution in [3.05, 3.63) is 24.2 Å². The first-order chi connectivity index (χ1) is 15.3. The molecule has 32 heavy (non-hydrogen) atoms. The Balaban J connectivity index is 0.00000289. The number of piperidine rings is 1. The molecule has 0 amide bonds. The Morgan fingerprint density at radius 3 is 2.75 bits per heavy atom. The number of likely N-dealkylation sites (tertiary alicyclic amines) is 1. The number of aromatic amines is 1. The summed E-state index contributed by atoms with van der Waals surface area (Å²) in [5.74, 6) is 3.92. The lowest BCUT2D eigenvalue weighted by atomic mass is 9.88. The summed E-state index contributed by atoms with van der Waals surface area (Å²) in [6.07, 6.45) is 11.9. The minimum absolute atomic E-state index is 0. The second-order valence-corrected chi connectivity index (χ2v) is 8.82. The number of furan rings is 1. The number of hydrogen-bond acceptors (Lipinski definition) is 5. The van der Waals surface area contributed by atoms with E-state index >= 15 is 0 Å². The van der Waals surface area contributed by atoms with Crippen molar-refractivity contribution in [3.63, 3.8) is 0 Å². The molecule has 2 fully saturated rings. The van der Waals surface area contributed by atoms with E-state index in [0.717, 1.165) is 24.2 Å². The van der Waals surface area contributed by atoms with Crippen LogP contribution in [0.15, 0.2) is 27.8 Å². The molecule has 3 heterocycles. The Morgan fingerprint density at radius 1 is 1.22 bits per heavy atom. The van der Waals surface area contributed by atoms with Crippen molar-refractivity contribution >= 4 is 29.9 Å². The first kappa shape index (κ1) is 25.0. The quantitative estimate of drug-likeness (QED) is 0.261. The third kappa shape index (κ3) is 7.47. The topological polar surface area (TPSA) is 94.4 Å². The minimum atomic E-state index is 0. The molecule has 0 unspecified atom stereocenters. The van der Waals surface area contributed by atoms with Crippen LogP contribution in [0.25, 0.3) is 11.6 Å². The van der Waals surface area contributed by atoms with Crippen LogP contribution in [0.3, 0.4) is 0 Å². The van der Waals surface area contributed by atoms with Gasteiger partial charge in [-0.25, -0.2) is 4.98 Å². The highest BCUT2D eigenvalue weighted by atomic mass is 127. The lowest BCUT2D eigenvalue weighted by Crippen LogP contribution is -2.49. The van der Waals surface area contributed by atoms with E-state index in [2.05, 4.69) is 37.6 Å². The van der Waals surface area contributed by atoms with Gasteiger partial charge in [0.2, 0.25) is 5.82 Å². The van der Waals surface area contributed by atoms with Crippen molar-refractivity contribution in [1.82, 2.24) is 30.7 Å². The predicted octanol–water partition coefficient (Wildman–Crippen LogP) is 3.83. The number of hydrogen-bond donors (Lipinski definition) is 3. The molecule has 3 N–H and O–H groups in total. The van der Waals surface area contributed by atoms with Gasteiger partial charge in [-0.3, -0.25) is 10.1 Å². The molecule has 178 valence electrons. The van der Waals surface area contributed by atoms with Crippen LogP contribution in [0.2, 0.25) is 0 Å². The number of nitrogens with one attached hydrogen (secondary N) is 3. The molecule has 0 aromatic carbocycles. The van der Waals surface area contributed by atoms with Crippen LogP contribution in [-0.4, -0.2) is 64.8 Å². The fourth-order valence-corrected chi connectivity index (χ4v) is 4.70. The van der Waals surface area contributed by atoms with E-state index in [1.165, 1.54) is 64.6 Å². The maximum atomic E-state index is 5.35. The number of aliphatic imine (C=N–C) groups is 1. The zero-order valence-electron chi connectivity index (χ0n) is 19.2. The van der Waals surface area contributed by atoms with E-state index < -0.39 is 0 Å². The van der Waals surface area contributed by atoms with Crippen LogP contribution < -0.4 is 10.6 Å². The average molecular weight is 556 g/mol. The zero-order valence-corrected chi connectivity index (χ0v) is 21.5. The third-order valence-electron chi connectivity index (χ3n) is 6.41. The summed E-state index contributed by atoms with van der Waals surface area (Å²) in [7, 11) is 0. The molecule has 9 heteroatoms. The molecule has 2 aromatic rings.